The van der Waals surface area contributed by atoms with Crippen LogP contribution < -0.4 is 0 Å². The standard InChI is InChI=1S/C9H14O3/c10-6-7-1-2-8-9(5-7)12-4-3-11-8/h1,8-10H,2-6H2. The van der Waals surface area contributed by atoms with E-state index >= 15 is 0 Å². The van der Waals surface area contributed by atoms with E-state index in [9.17, 15) is 0 Å². The molecule has 2 rings (SSSR count). The molecule has 3 heteroatoms. The Balaban J connectivity index is 2.00. The van der Waals surface area contributed by atoms with E-state index in [1.807, 2.05) is 0 Å². The van der Waals surface area contributed by atoms with E-state index < -0.39 is 0 Å². The molecule has 0 aromatic heterocycles. The molecule has 0 bridgehead atoms. The van der Waals surface area contributed by atoms with Gasteiger partial charge in [-0.2, -0.15) is 0 Å². The molecule has 1 N–H and O–H groups in total. The lowest BCUT2D eigenvalue weighted by atomic mass is 9.94. The highest BCUT2D eigenvalue weighted by molar-refractivity contribution is 5.10. The van der Waals surface area contributed by atoms with E-state index in [4.69, 9.17) is 14.6 Å². The van der Waals surface area contributed by atoms with Gasteiger partial charge in [0.2, 0.25) is 0 Å². The molecule has 2 unspecified atom stereocenters. The second-order valence-electron chi connectivity index (χ2n) is 3.28. The van der Waals surface area contributed by atoms with Gasteiger partial charge in [0.25, 0.3) is 0 Å². The summed E-state index contributed by atoms with van der Waals surface area (Å²) in [6, 6.07) is 0. The Morgan fingerprint density at radius 1 is 1.33 bits per heavy atom. The molecule has 0 radical (unpaired) electrons. The van der Waals surface area contributed by atoms with E-state index in [0.29, 0.717) is 13.2 Å². The summed E-state index contributed by atoms with van der Waals surface area (Å²) in [6.45, 7) is 1.57. The molecule has 2 aliphatic rings. The van der Waals surface area contributed by atoms with Crippen molar-refractivity contribution in [3.8, 4) is 0 Å². The van der Waals surface area contributed by atoms with Crippen LogP contribution >= 0.6 is 0 Å². The Bertz CT molecular complexity index is 188. The van der Waals surface area contributed by atoms with Crippen LogP contribution in [-0.4, -0.2) is 37.1 Å². The molecule has 3 nitrogen and oxygen atoms in total. The van der Waals surface area contributed by atoms with Gasteiger partial charge in [-0.05, 0) is 18.4 Å². The predicted molar refractivity (Wildman–Crippen MR) is 43.9 cm³/mol. The Morgan fingerprint density at radius 2 is 2.08 bits per heavy atom. The summed E-state index contributed by atoms with van der Waals surface area (Å²) < 4.78 is 11.1. The highest BCUT2D eigenvalue weighted by Crippen LogP contribution is 2.25. The largest absolute Gasteiger partial charge is 0.392 e. The van der Waals surface area contributed by atoms with E-state index in [0.717, 1.165) is 18.4 Å². The number of ether oxygens (including phenoxy) is 2. The van der Waals surface area contributed by atoms with Crippen LogP contribution in [0, 0.1) is 0 Å². The molecule has 68 valence electrons. The van der Waals surface area contributed by atoms with Crippen molar-refractivity contribution in [2.75, 3.05) is 19.8 Å². The number of rotatable bonds is 1. The SMILES string of the molecule is OCC1=CCC2OCCOC2C1. The molecular formula is C9H14O3. The third-order valence-corrected chi connectivity index (χ3v) is 2.47. The van der Waals surface area contributed by atoms with Crippen LogP contribution in [0.15, 0.2) is 11.6 Å². The topological polar surface area (TPSA) is 38.7 Å². The van der Waals surface area contributed by atoms with Crippen molar-refractivity contribution in [3.63, 3.8) is 0 Å². The predicted octanol–water partition coefficient (Wildman–Crippen LogP) is 0.483. The molecule has 0 aromatic rings. The number of hydrogen-bond donors (Lipinski definition) is 1. The molecule has 1 heterocycles. The van der Waals surface area contributed by atoms with Crippen molar-refractivity contribution in [1.29, 1.82) is 0 Å². The van der Waals surface area contributed by atoms with Crippen LogP contribution in [-0.2, 0) is 9.47 Å². The quantitative estimate of drug-likeness (QED) is 0.582. The minimum absolute atomic E-state index is 0.159. The summed E-state index contributed by atoms with van der Waals surface area (Å²) in [6.07, 6.45) is 4.21. The van der Waals surface area contributed by atoms with Crippen LogP contribution in [0.5, 0.6) is 0 Å². The summed E-state index contributed by atoms with van der Waals surface area (Å²) in [7, 11) is 0. The molecule has 2 atom stereocenters. The van der Waals surface area contributed by atoms with Gasteiger partial charge in [-0.15, -0.1) is 0 Å². The van der Waals surface area contributed by atoms with Crippen LogP contribution in [0.1, 0.15) is 12.8 Å². The number of fused-ring (bicyclic) bond motifs is 1. The molecule has 1 aliphatic heterocycles. The van der Waals surface area contributed by atoms with Gasteiger partial charge in [-0.25, -0.2) is 0 Å². The van der Waals surface area contributed by atoms with Crippen LogP contribution in [0.25, 0.3) is 0 Å². The minimum atomic E-state index is 0.159. The lowest BCUT2D eigenvalue weighted by Gasteiger charge is -2.34. The zero-order chi connectivity index (χ0) is 8.39. The fraction of sp³-hybridized carbons (Fsp3) is 0.778. The first-order valence-electron chi connectivity index (χ1n) is 4.42. The van der Waals surface area contributed by atoms with E-state index in [2.05, 4.69) is 6.08 Å². The Labute approximate surface area is 72.0 Å². The summed E-state index contributed by atoms with van der Waals surface area (Å²) in [5.74, 6) is 0. The summed E-state index contributed by atoms with van der Waals surface area (Å²) in [4.78, 5) is 0. The van der Waals surface area contributed by atoms with Crippen LogP contribution in [0.4, 0.5) is 0 Å². The van der Waals surface area contributed by atoms with Gasteiger partial charge >= 0.3 is 0 Å². The van der Waals surface area contributed by atoms with Crippen molar-refractivity contribution in [2.24, 2.45) is 0 Å². The zero-order valence-corrected chi connectivity index (χ0v) is 7.03. The summed E-state index contributed by atoms with van der Waals surface area (Å²) in [5.41, 5.74) is 1.08. The maximum atomic E-state index is 8.92. The average molecular weight is 170 g/mol. The lowest BCUT2D eigenvalue weighted by Crippen LogP contribution is -2.40. The maximum Gasteiger partial charge on any atom is 0.0878 e. The first-order valence-corrected chi connectivity index (χ1v) is 4.42. The molecule has 0 spiro atoms. The molecule has 0 saturated carbocycles. The molecule has 0 amide bonds. The third-order valence-electron chi connectivity index (χ3n) is 2.47. The number of aliphatic hydroxyl groups is 1. The van der Waals surface area contributed by atoms with E-state index in [-0.39, 0.29) is 18.8 Å². The van der Waals surface area contributed by atoms with Gasteiger partial charge in [0.1, 0.15) is 0 Å². The monoisotopic (exact) mass is 170 g/mol. The van der Waals surface area contributed by atoms with Crippen LogP contribution in [0.2, 0.25) is 0 Å². The fourth-order valence-corrected chi connectivity index (χ4v) is 1.78. The van der Waals surface area contributed by atoms with Crippen molar-refractivity contribution in [2.45, 2.75) is 25.0 Å². The van der Waals surface area contributed by atoms with Gasteiger partial charge in [0.15, 0.2) is 0 Å². The first-order chi connectivity index (χ1) is 5.90. The fourth-order valence-electron chi connectivity index (χ4n) is 1.78. The molecule has 1 fully saturated rings. The highest BCUT2D eigenvalue weighted by atomic mass is 16.6. The van der Waals surface area contributed by atoms with E-state index in [1.165, 1.54) is 0 Å². The molecule has 1 saturated heterocycles. The molecule has 12 heavy (non-hydrogen) atoms. The van der Waals surface area contributed by atoms with Gasteiger partial charge in [0, 0.05) is 0 Å². The zero-order valence-electron chi connectivity index (χ0n) is 7.03. The average Bonchev–Trinajstić information content (AvgIpc) is 2.17. The minimum Gasteiger partial charge on any atom is -0.392 e. The van der Waals surface area contributed by atoms with Gasteiger partial charge < -0.3 is 14.6 Å². The molecule has 1 aliphatic carbocycles. The number of aliphatic hydroxyl groups excluding tert-OH is 1. The maximum absolute atomic E-state index is 8.92. The Morgan fingerprint density at radius 3 is 2.83 bits per heavy atom. The van der Waals surface area contributed by atoms with Crippen molar-refractivity contribution < 1.29 is 14.6 Å². The Kier molecular flexibility index (Phi) is 2.44. The second kappa shape index (κ2) is 3.56. The van der Waals surface area contributed by atoms with Crippen molar-refractivity contribution in [3.05, 3.63) is 11.6 Å². The van der Waals surface area contributed by atoms with Crippen molar-refractivity contribution >= 4 is 0 Å². The lowest BCUT2D eigenvalue weighted by molar-refractivity contribution is -0.140. The van der Waals surface area contributed by atoms with Gasteiger partial charge in [-0.1, -0.05) is 6.08 Å². The molecule has 0 aromatic carbocycles. The smallest absolute Gasteiger partial charge is 0.0878 e. The summed E-state index contributed by atoms with van der Waals surface area (Å²) in [5, 5.41) is 8.92. The van der Waals surface area contributed by atoms with E-state index in [1.54, 1.807) is 0 Å². The second-order valence-corrected chi connectivity index (χ2v) is 3.28. The Hall–Kier alpha value is -0.380. The summed E-state index contributed by atoms with van der Waals surface area (Å²) >= 11 is 0. The molecular weight excluding hydrogens is 156 g/mol. The first kappa shape index (κ1) is 8.23. The van der Waals surface area contributed by atoms with Crippen LogP contribution in [0.3, 0.4) is 0 Å². The highest BCUT2D eigenvalue weighted by Gasteiger charge is 2.29. The van der Waals surface area contributed by atoms with Gasteiger partial charge in [0.05, 0.1) is 32.0 Å². The van der Waals surface area contributed by atoms with Gasteiger partial charge in [-0.3, -0.25) is 0 Å². The van der Waals surface area contributed by atoms with Crippen molar-refractivity contribution in [1.82, 2.24) is 0 Å². The third kappa shape index (κ3) is 1.53. The normalized spacial score (nSPS) is 35.6. The number of hydrogen-bond acceptors (Lipinski definition) is 3.